The zero-order valence-electron chi connectivity index (χ0n) is 12.1. The zero-order valence-corrected chi connectivity index (χ0v) is 12.9. The Morgan fingerprint density at radius 2 is 2.25 bits per heavy atom. The van der Waals surface area contributed by atoms with Gasteiger partial charge in [-0.1, -0.05) is 11.2 Å². The van der Waals surface area contributed by atoms with Gasteiger partial charge < -0.3 is 20.6 Å². The molecule has 5 nitrogen and oxygen atoms in total. The van der Waals surface area contributed by atoms with Crippen molar-refractivity contribution >= 4 is 23.3 Å². The molecule has 0 radical (unpaired) electrons. The van der Waals surface area contributed by atoms with Crippen LogP contribution in [0.2, 0.25) is 0 Å². The van der Waals surface area contributed by atoms with Crippen molar-refractivity contribution in [1.29, 1.82) is 0 Å². The summed E-state index contributed by atoms with van der Waals surface area (Å²) in [5.41, 5.74) is 7.55. The van der Waals surface area contributed by atoms with E-state index in [9.17, 15) is 0 Å². The van der Waals surface area contributed by atoms with Gasteiger partial charge in [-0.15, -0.1) is 11.8 Å². The summed E-state index contributed by atoms with van der Waals surface area (Å²) in [6.07, 6.45) is 1.98. The van der Waals surface area contributed by atoms with E-state index in [1.165, 1.54) is 0 Å². The maximum Gasteiger partial charge on any atom is 0.173 e. The molecule has 0 bridgehead atoms. The first-order valence-corrected chi connectivity index (χ1v) is 7.74. The van der Waals surface area contributed by atoms with Crippen molar-refractivity contribution in [3.8, 4) is 0 Å². The zero-order chi connectivity index (χ0) is 14.8. The minimum atomic E-state index is -0.125. The smallest absolute Gasteiger partial charge is 0.173 e. The van der Waals surface area contributed by atoms with Crippen LogP contribution in [-0.4, -0.2) is 42.6 Å². The van der Waals surface area contributed by atoms with Gasteiger partial charge in [-0.05, 0) is 32.2 Å². The summed E-state index contributed by atoms with van der Waals surface area (Å²) in [7, 11) is 0. The number of hydrogen-bond donors (Lipinski definition) is 2. The Bertz CT molecular complexity index is 517. The Kier molecular flexibility index (Phi) is 4.45. The number of hydrogen-bond acceptors (Lipinski definition) is 5. The summed E-state index contributed by atoms with van der Waals surface area (Å²) in [5.74, 6) is 0.146. The third-order valence-corrected chi connectivity index (χ3v) is 4.30. The minimum absolute atomic E-state index is 0.125. The molecular formula is C14H21N3O2S. The lowest BCUT2D eigenvalue weighted by Gasteiger charge is -2.44. The van der Waals surface area contributed by atoms with Crippen molar-refractivity contribution in [2.24, 2.45) is 10.9 Å². The molecule has 1 aliphatic rings. The van der Waals surface area contributed by atoms with Gasteiger partial charge in [0.15, 0.2) is 5.84 Å². The van der Waals surface area contributed by atoms with Gasteiger partial charge >= 0.3 is 0 Å². The summed E-state index contributed by atoms with van der Waals surface area (Å²) < 4.78 is 5.56. The quantitative estimate of drug-likeness (QED) is 0.294. The van der Waals surface area contributed by atoms with Crippen LogP contribution in [0.15, 0.2) is 28.3 Å². The van der Waals surface area contributed by atoms with E-state index >= 15 is 0 Å². The van der Waals surface area contributed by atoms with Crippen molar-refractivity contribution in [2.75, 3.05) is 30.9 Å². The number of morpholine rings is 1. The molecule has 6 heteroatoms. The molecule has 0 unspecified atom stereocenters. The van der Waals surface area contributed by atoms with E-state index in [2.05, 4.69) is 23.9 Å². The molecule has 1 fully saturated rings. The predicted molar refractivity (Wildman–Crippen MR) is 83.0 cm³/mol. The highest BCUT2D eigenvalue weighted by molar-refractivity contribution is 7.98. The summed E-state index contributed by atoms with van der Waals surface area (Å²) in [6.45, 7) is 6.40. The Labute approximate surface area is 123 Å². The largest absolute Gasteiger partial charge is 0.409 e. The number of ether oxygens (including phenoxy) is 1. The first-order valence-electron chi connectivity index (χ1n) is 6.51. The second-order valence-electron chi connectivity index (χ2n) is 5.36. The van der Waals surface area contributed by atoms with Gasteiger partial charge in [-0.2, -0.15) is 0 Å². The van der Waals surface area contributed by atoms with Crippen LogP contribution in [0, 0.1) is 0 Å². The second-order valence-corrected chi connectivity index (χ2v) is 6.20. The van der Waals surface area contributed by atoms with Crippen molar-refractivity contribution in [3.05, 3.63) is 23.8 Å². The number of oxime groups is 1. The maximum atomic E-state index is 9.07. The maximum absolute atomic E-state index is 9.07. The van der Waals surface area contributed by atoms with Crippen molar-refractivity contribution < 1.29 is 9.94 Å². The van der Waals surface area contributed by atoms with Crippen LogP contribution in [0.4, 0.5) is 5.69 Å². The lowest BCUT2D eigenvalue weighted by molar-refractivity contribution is 0.0643. The lowest BCUT2D eigenvalue weighted by atomic mass is 9.99. The number of benzene rings is 1. The summed E-state index contributed by atoms with van der Waals surface area (Å²) >= 11 is 1.59. The van der Waals surface area contributed by atoms with Gasteiger partial charge in [0.2, 0.25) is 0 Å². The van der Waals surface area contributed by atoms with Gasteiger partial charge in [-0.3, -0.25) is 0 Å². The fourth-order valence-electron chi connectivity index (χ4n) is 2.53. The molecule has 0 aromatic heterocycles. The van der Waals surface area contributed by atoms with Gasteiger partial charge in [-0.25, -0.2) is 0 Å². The summed E-state index contributed by atoms with van der Waals surface area (Å²) in [4.78, 5) is 3.27. The predicted octanol–water partition coefficient (Wildman–Crippen LogP) is 2.12. The van der Waals surface area contributed by atoms with E-state index in [1.54, 1.807) is 11.8 Å². The average Bonchev–Trinajstić information content (AvgIpc) is 2.45. The normalized spacial score (nSPS) is 19.1. The SMILES string of the molecule is CSc1cccc(N2CCOCC2(C)C)c1/C(N)=N/O. The first-order chi connectivity index (χ1) is 9.51. The highest BCUT2D eigenvalue weighted by Crippen LogP contribution is 2.34. The Morgan fingerprint density at radius 1 is 1.50 bits per heavy atom. The van der Waals surface area contributed by atoms with E-state index in [-0.39, 0.29) is 11.4 Å². The monoisotopic (exact) mass is 295 g/mol. The summed E-state index contributed by atoms with van der Waals surface area (Å²) in [6, 6.07) is 6.00. The molecule has 0 amide bonds. The van der Waals surface area contributed by atoms with Gasteiger partial charge in [0.1, 0.15) is 0 Å². The summed E-state index contributed by atoms with van der Waals surface area (Å²) in [5, 5.41) is 12.3. The molecule has 1 aliphatic heterocycles. The molecule has 3 N–H and O–H groups in total. The molecule has 0 spiro atoms. The molecule has 1 heterocycles. The molecule has 0 atom stereocenters. The Morgan fingerprint density at radius 3 is 2.85 bits per heavy atom. The minimum Gasteiger partial charge on any atom is -0.409 e. The third kappa shape index (κ3) is 2.71. The standard InChI is InChI=1S/C14H21N3O2S/c1-14(2)9-19-8-7-17(14)10-5-4-6-11(20-3)12(10)13(15)16-18/h4-6,18H,7-9H2,1-3H3,(H2,15,16). The van der Waals surface area contributed by atoms with Gasteiger partial charge in [0.05, 0.1) is 24.3 Å². The van der Waals surface area contributed by atoms with Gasteiger partial charge in [0, 0.05) is 17.1 Å². The Balaban J connectivity index is 2.56. The van der Waals surface area contributed by atoms with Crippen molar-refractivity contribution in [1.82, 2.24) is 0 Å². The molecule has 20 heavy (non-hydrogen) atoms. The van der Waals surface area contributed by atoms with E-state index in [0.717, 1.165) is 22.7 Å². The number of nitrogens with zero attached hydrogens (tertiary/aromatic N) is 2. The van der Waals surface area contributed by atoms with Crippen LogP contribution in [0.3, 0.4) is 0 Å². The van der Waals surface area contributed by atoms with E-state index in [4.69, 9.17) is 15.7 Å². The number of thioether (sulfide) groups is 1. The van der Waals surface area contributed by atoms with Crippen LogP contribution in [0.1, 0.15) is 19.4 Å². The van der Waals surface area contributed by atoms with E-state index in [0.29, 0.717) is 13.2 Å². The first kappa shape index (κ1) is 15.0. The third-order valence-electron chi connectivity index (χ3n) is 3.52. The van der Waals surface area contributed by atoms with E-state index < -0.39 is 0 Å². The number of rotatable bonds is 3. The molecule has 0 aliphatic carbocycles. The molecule has 1 aromatic carbocycles. The van der Waals surface area contributed by atoms with Crippen LogP contribution >= 0.6 is 11.8 Å². The molecule has 110 valence electrons. The number of amidine groups is 1. The highest BCUT2D eigenvalue weighted by Gasteiger charge is 2.33. The number of anilines is 1. The molecule has 0 saturated carbocycles. The lowest BCUT2D eigenvalue weighted by Crippen LogP contribution is -2.53. The van der Waals surface area contributed by atoms with Crippen LogP contribution in [0.25, 0.3) is 0 Å². The van der Waals surface area contributed by atoms with E-state index in [1.807, 2.05) is 24.5 Å². The second kappa shape index (κ2) is 5.93. The topological polar surface area (TPSA) is 71.1 Å². The van der Waals surface area contributed by atoms with Crippen LogP contribution in [-0.2, 0) is 4.74 Å². The van der Waals surface area contributed by atoms with Gasteiger partial charge in [0.25, 0.3) is 0 Å². The van der Waals surface area contributed by atoms with Crippen LogP contribution < -0.4 is 10.6 Å². The Hall–Kier alpha value is -1.40. The molecule has 1 aromatic rings. The van der Waals surface area contributed by atoms with Crippen LogP contribution in [0.5, 0.6) is 0 Å². The number of nitrogens with two attached hydrogens (primary N) is 1. The van der Waals surface area contributed by atoms with Crippen molar-refractivity contribution in [3.63, 3.8) is 0 Å². The fraction of sp³-hybridized carbons (Fsp3) is 0.500. The van der Waals surface area contributed by atoms with Crippen molar-refractivity contribution in [2.45, 2.75) is 24.3 Å². The molecule has 1 saturated heterocycles. The highest BCUT2D eigenvalue weighted by atomic mass is 32.2. The molecule has 2 rings (SSSR count). The average molecular weight is 295 g/mol. The molecular weight excluding hydrogens is 274 g/mol. The fourth-order valence-corrected chi connectivity index (χ4v) is 3.15.